The summed E-state index contributed by atoms with van der Waals surface area (Å²) in [5.41, 5.74) is -1.09. The maximum absolute atomic E-state index is 12.1. The van der Waals surface area contributed by atoms with Gasteiger partial charge in [0, 0.05) is 27.2 Å². The lowest BCUT2D eigenvalue weighted by Gasteiger charge is -2.43. The van der Waals surface area contributed by atoms with Gasteiger partial charge in [0.25, 0.3) is 0 Å². The number of ether oxygens (including phenoxy) is 1. The summed E-state index contributed by atoms with van der Waals surface area (Å²) in [4.78, 5) is 27.3. The highest BCUT2D eigenvalue weighted by Gasteiger charge is 2.46. The molecule has 6 nitrogen and oxygen atoms in total. The van der Waals surface area contributed by atoms with Gasteiger partial charge in [-0.1, -0.05) is 13.8 Å². The number of piperidine rings is 1. The molecular formula is C15H28N2O4. The fraction of sp³-hybridized carbons (Fsp3) is 0.867. The van der Waals surface area contributed by atoms with Gasteiger partial charge in [-0.2, -0.15) is 0 Å². The fourth-order valence-corrected chi connectivity index (χ4v) is 3.02. The van der Waals surface area contributed by atoms with E-state index < -0.39 is 11.5 Å². The van der Waals surface area contributed by atoms with Crippen molar-refractivity contribution in [1.29, 1.82) is 0 Å². The molecule has 1 rings (SSSR count). The molecule has 0 aromatic rings. The highest BCUT2D eigenvalue weighted by molar-refractivity contribution is 5.75. The number of hydrogen-bond acceptors (Lipinski definition) is 4. The Morgan fingerprint density at radius 3 is 2.19 bits per heavy atom. The van der Waals surface area contributed by atoms with Crippen molar-refractivity contribution in [2.24, 2.45) is 11.8 Å². The predicted octanol–water partition coefficient (Wildman–Crippen LogP) is 1.33. The van der Waals surface area contributed by atoms with Gasteiger partial charge in [0.1, 0.15) is 0 Å². The van der Waals surface area contributed by atoms with Crippen molar-refractivity contribution in [1.82, 2.24) is 9.80 Å². The molecule has 1 unspecified atom stereocenters. The Morgan fingerprint density at radius 2 is 1.81 bits per heavy atom. The van der Waals surface area contributed by atoms with Crippen molar-refractivity contribution in [3.63, 3.8) is 0 Å². The Morgan fingerprint density at radius 1 is 1.29 bits per heavy atom. The van der Waals surface area contributed by atoms with Crippen LogP contribution >= 0.6 is 0 Å². The second kappa shape index (κ2) is 7.11. The Labute approximate surface area is 127 Å². The third kappa shape index (κ3) is 4.09. The summed E-state index contributed by atoms with van der Waals surface area (Å²) in [7, 11) is 3.41. The molecule has 21 heavy (non-hydrogen) atoms. The number of amides is 2. The van der Waals surface area contributed by atoms with E-state index >= 15 is 0 Å². The van der Waals surface area contributed by atoms with E-state index in [1.807, 2.05) is 13.8 Å². The molecule has 0 aliphatic carbocycles. The van der Waals surface area contributed by atoms with E-state index in [-0.39, 0.29) is 17.9 Å². The predicted molar refractivity (Wildman–Crippen MR) is 79.8 cm³/mol. The maximum atomic E-state index is 12.1. The van der Waals surface area contributed by atoms with E-state index in [4.69, 9.17) is 4.74 Å². The van der Waals surface area contributed by atoms with Crippen molar-refractivity contribution in [3.8, 4) is 0 Å². The van der Waals surface area contributed by atoms with Gasteiger partial charge in [-0.05, 0) is 25.7 Å². The maximum Gasteiger partial charge on any atom is 0.319 e. The van der Waals surface area contributed by atoms with Crippen LogP contribution in [0.4, 0.5) is 4.79 Å². The van der Waals surface area contributed by atoms with Crippen LogP contribution in [0.1, 0.15) is 33.6 Å². The van der Waals surface area contributed by atoms with Crippen molar-refractivity contribution in [2.75, 3.05) is 33.8 Å². The zero-order valence-electron chi connectivity index (χ0n) is 13.8. The van der Waals surface area contributed by atoms with Crippen LogP contribution in [-0.2, 0) is 9.53 Å². The average Bonchev–Trinajstić information content (AvgIpc) is 2.38. The van der Waals surface area contributed by atoms with Gasteiger partial charge in [0.05, 0.1) is 18.1 Å². The first-order chi connectivity index (χ1) is 9.73. The standard InChI is InChI=1S/C15H28N2O4/c1-6-21-13(18)12(11(2)3)15(20)7-9-17(10-8-15)14(19)16(4)5/h11-12,20H,6-10H2,1-5H3. The molecule has 1 fully saturated rings. The number of aliphatic hydroxyl groups is 1. The molecule has 2 amide bonds. The monoisotopic (exact) mass is 300 g/mol. The summed E-state index contributed by atoms with van der Waals surface area (Å²) in [6.07, 6.45) is 0.794. The first-order valence-electron chi connectivity index (χ1n) is 7.58. The van der Waals surface area contributed by atoms with Crippen molar-refractivity contribution >= 4 is 12.0 Å². The quantitative estimate of drug-likeness (QED) is 0.795. The number of esters is 1. The summed E-state index contributed by atoms with van der Waals surface area (Å²) in [5.74, 6) is -0.901. The number of rotatable bonds is 4. The minimum atomic E-state index is -1.09. The van der Waals surface area contributed by atoms with Gasteiger partial charge in [0.15, 0.2) is 0 Å². The Balaban J connectivity index is 2.78. The molecule has 1 heterocycles. The zero-order valence-corrected chi connectivity index (χ0v) is 13.8. The Kier molecular flexibility index (Phi) is 6.01. The highest BCUT2D eigenvalue weighted by Crippen LogP contribution is 2.35. The third-order valence-electron chi connectivity index (χ3n) is 4.07. The number of urea groups is 1. The van der Waals surface area contributed by atoms with Gasteiger partial charge in [-0.3, -0.25) is 4.79 Å². The summed E-state index contributed by atoms with van der Waals surface area (Å²) in [6.45, 7) is 6.81. The van der Waals surface area contributed by atoms with E-state index in [1.165, 1.54) is 4.90 Å². The Hall–Kier alpha value is -1.30. The van der Waals surface area contributed by atoms with Gasteiger partial charge in [-0.15, -0.1) is 0 Å². The normalized spacial score (nSPS) is 19.3. The van der Waals surface area contributed by atoms with E-state index in [0.717, 1.165) is 0 Å². The Bertz CT molecular complexity index is 374. The number of carbonyl (C=O) groups excluding carboxylic acids is 2. The SMILES string of the molecule is CCOC(=O)C(C(C)C)C1(O)CCN(C(=O)N(C)C)CC1. The van der Waals surface area contributed by atoms with Crippen molar-refractivity contribution < 1.29 is 19.4 Å². The molecule has 0 saturated carbocycles. The van der Waals surface area contributed by atoms with E-state index in [2.05, 4.69) is 0 Å². The molecule has 0 aromatic heterocycles. The van der Waals surface area contributed by atoms with Gasteiger partial charge in [0.2, 0.25) is 0 Å². The first-order valence-corrected chi connectivity index (χ1v) is 7.58. The van der Waals surface area contributed by atoms with Crippen LogP contribution in [0.15, 0.2) is 0 Å². The summed E-state index contributed by atoms with van der Waals surface area (Å²) < 4.78 is 5.11. The van der Waals surface area contributed by atoms with E-state index in [9.17, 15) is 14.7 Å². The van der Waals surface area contributed by atoms with E-state index in [0.29, 0.717) is 32.5 Å². The highest BCUT2D eigenvalue weighted by atomic mass is 16.5. The van der Waals surface area contributed by atoms with Crippen LogP contribution in [0.5, 0.6) is 0 Å². The summed E-state index contributed by atoms with van der Waals surface area (Å²) >= 11 is 0. The van der Waals surface area contributed by atoms with Crippen LogP contribution in [0.25, 0.3) is 0 Å². The number of hydrogen-bond donors (Lipinski definition) is 1. The molecule has 1 atom stereocenters. The summed E-state index contributed by atoms with van der Waals surface area (Å²) in [5, 5.41) is 10.9. The summed E-state index contributed by atoms with van der Waals surface area (Å²) in [6, 6.07) is -0.0609. The second-order valence-electron chi connectivity index (χ2n) is 6.24. The molecular weight excluding hydrogens is 272 g/mol. The minimum absolute atomic E-state index is 0.00912. The number of carbonyl (C=O) groups is 2. The smallest absolute Gasteiger partial charge is 0.319 e. The van der Waals surface area contributed by atoms with Crippen LogP contribution in [0.3, 0.4) is 0 Å². The van der Waals surface area contributed by atoms with Crippen LogP contribution < -0.4 is 0 Å². The molecule has 0 bridgehead atoms. The van der Waals surface area contributed by atoms with Crippen LogP contribution in [0, 0.1) is 11.8 Å². The van der Waals surface area contributed by atoms with Gasteiger partial charge >= 0.3 is 12.0 Å². The molecule has 1 aliphatic rings. The molecule has 0 aromatic carbocycles. The average molecular weight is 300 g/mol. The molecule has 122 valence electrons. The minimum Gasteiger partial charge on any atom is -0.466 e. The topological polar surface area (TPSA) is 70.1 Å². The van der Waals surface area contributed by atoms with Gasteiger partial charge < -0.3 is 19.6 Å². The number of likely N-dealkylation sites (tertiary alicyclic amines) is 1. The zero-order chi connectivity index (χ0) is 16.2. The molecule has 6 heteroatoms. The second-order valence-corrected chi connectivity index (χ2v) is 6.24. The van der Waals surface area contributed by atoms with Crippen LogP contribution in [-0.4, -0.2) is 66.3 Å². The largest absolute Gasteiger partial charge is 0.466 e. The lowest BCUT2D eigenvalue weighted by molar-refractivity contribution is -0.165. The fourth-order valence-electron chi connectivity index (χ4n) is 3.02. The van der Waals surface area contributed by atoms with Gasteiger partial charge in [-0.25, -0.2) is 4.79 Å². The van der Waals surface area contributed by atoms with Crippen LogP contribution in [0.2, 0.25) is 0 Å². The first kappa shape index (κ1) is 17.8. The van der Waals surface area contributed by atoms with E-state index in [1.54, 1.807) is 25.9 Å². The molecule has 0 radical (unpaired) electrons. The molecule has 1 N–H and O–H groups in total. The van der Waals surface area contributed by atoms with Crippen molar-refractivity contribution in [2.45, 2.75) is 39.2 Å². The third-order valence-corrected chi connectivity index (χ3v) is 4.07. The lowest BCUT2D eigenvalue weighted by atomic mass is 9.74. The molecule has 1 saturated heterocycles. The molecule has 1 aliphatic heterocycles. The number of nitrogens with zero attached hydrogens (tertiary/aromatic N) is 2. The lowest BCUT2D eigenvalue weighted by Crippen LogP contribution is -2.55. The van der Waals surface area contributed by atoms with Crippen molar-refractivity contribution in [3.05, 3.63) is 0 Å². The molecule has 0 spiro atoms.